The van der Waals surface area contributed by atoms with Crippen LogP contribution in [-0.2, 0) is 6.54 Å². The Bertz CT molecular complexity index is 688. The molecule has 1 aromatic carbocycles. The van der Waals surface area contributed by atoms with Gasteiger partial charge in [-0.2, -0.15) is 4.73 Å². The Morgan fingerprint density at radius 2 is 1.75 bits per heavy atom. The van der Waals surface area contributed by atoms with Crippen molar-refractivity contribution in [1.82, 2.24) is 9.80 Å². The molecule has 1 aromatic heterocycles. The number of pyridine rings is 1. The van der Waals surface area contributed by atoms with Crippen molar-refractivity contribution in [3.63, 3.8) is 0 Å². The number of amides is 1. The van der Waals surface area contributed by atoms with E-state index in [0.29, 0.717) is 23.4 Å². The summed E-state index contributed by atoms with van der Waals surface area (Å²) in [7, 11) is 0. The highest BCUT2D eigenvalue weighted by atomic mass is 19.1. The number of hydrogen-bond acceptors (Lipinski definition) is 3. The first kappa shape index (κ1) is 16.4. The van der Waals surface area contributed by atoms with Gasteiger partial charge in [-0.3, -0.25) is 9.69 Å². The van der Waals surface area contributed by atoms with E-state index in [-0.39, 0.29) is 11.7 Å². The van der Waals surface area contributed by atoms with Gasteiger partial charge in [0.1, 0.15) is 5.82 Å². The summed E-state index contributed by atoms with van der Waals surface area (Å²) in [6.07, 6.45) is 3.57. The fourth-order valence-electron chi connectivity index (χ4n) is 2.92. The van der Waals surface area contributed by atoms with Gasteiger partial charge in [-0.05, 0) is 24.1 Å². The Kier molecular flexibility index (Phi) is 5.05. The van der Waals surface area contributed by atoms with Gasteiger partial charge in [-0.15, -0.1) is 0 Å². The molecule has 126 valence electrons. The molecule has 5 nitrogen and oxygen atoms in total. The SMILES string of the molecule is O=C(c1cc[n+]([O-])cc1)N1CCCN(Cc2ccc(F)cc2)CC1. The van der Waals surface area contributed by atoms with Crippen molar-refractivity contribution in [2.45, 2.75) is 13.0 Å². The molecule has 0 saturated carbocycles. The van der Waals surface area contributed by atoms with Crippen LogP contribution in [0, 0.1) is 11.0 Å². The van der Waals surface area contributed by atoms with Crippen molar-refractivity contribution < 1.29 is 13.9 Å². The van der Waals surface area contributed by atoms with E-state index in [9.17, 15) is 14.4 Å². The molecule has 3 rings (SSSR count). The van der Waals surface area contributed by atoms with Gasteiger partial charge in [0, 0.05) is 44.9 Å². The van der Waals surface area contributed by atoms with Crippen LogP contribution >= 0.6 is 0 Å². The number of hydrogen-bond donors (Lipinski definition) is 0. The number of carbonyl (C=O) groups is 1. The highest BCUT2D eigenvalue weighted by Gasteiger charge is 2.20. The maximum atomic E-state index is 13.0. The zero-order valence-corrected chi connectivity index (χ0v) is 13.4. The summed E-state index contributed by atoms with van der Waals surface area (Å²) in [5.74, 6) is -0.270. The molecule has 24 heavy (non-hydrogen) atoms. The van der Waals surface area contributed by atoms with E-state index < -0.39 is 0 Å². The van der Waals surface area contributed by atoms with Crippen molar-refractivity contribution >= 4 is 5.91 Å². The van der Waals surface area contributed by atoms with Crippen molar-refractivity contribution in [3.05, 3.63) is 70.9 Å². The second-order valence-corrected chi connectivity index (χ2v) is 6.00. The molecule has 0 spiro atoms. The third-order valence-electron chi connectivity index (χ3n) is 4.24. The molecule has 0 aliphatic carbocycles. The van der Waals surface area contributed by atoms with Crippen LogP contribution in [0.2, 0.25) is 0 Å². The second kappa shape index (κ2) is 7.40. The van der Waals surface area contributed by atoms with E-state index in [2.05, 4.69) is 4.90 Å². The molecular weight excluding hydrogens is 309 g/mol. The van der Waals surface area contributed by atoms with Gasteiger partial charge in [0.15, 0.2) is 12.4 Å². The monoisotopic (exact) mass is 329 g/mol. The number of aromatic nitrogens is 1. The zero-order valence-electron chi connectivity index (χ0n) is 13.4. The number of halogens is 1. The van der Waals surface area contributed by atoms with Crippen LogP contribution < -0.4 is 4.73 Å². The molecule has 2 heterocycles. The van der Waals surface area contributed by atoms with Crippen LogP contribution in [0.3, 0.4) is 0 Å². The van der Waals surface area contributed by atoms with Crippen LogP contribution in [0.1, 0.15) is 22.3 Å². The first-order valence-electron chi connectivity index (χ1n) is 8.07. The molecule has 0 unspecified atom stereocenters. The smallest absolute Gasteiger partial charge is 0.254 e. The molecule has 1 saturated heterocycles. The predicted molar refractivity (Wildman–Crippen MR) is 87.6 cm³/mol. The van der Waals surface area contributed by atoms with Crippen molar-refractivity contribution in [2.24, 2.45) is 0 Å². The quantitative estimate of drug-likeness (QED) is 0.637. The Hall–Kier alpha value is -2.47. The van der Waals surface area contributed by atoms with Crippen LogP contribution in [0.15, 0.2) is 48.8 Å². The van der Waals surface area contributed by atoms with E-state index in [1.165, 1.54) is 24.5 Å². The molecule has 1 aliphatic heterocycles. The Labute approximate surface area is 140 Å². The number of benzene rings is 1. The minimum atomic E-state index is -0.228. The topological polar surface area (TPSA) is 50.5 Å². The molecule has 0 N–H and O–H groups in total. The van der Waals surface area contributed by atoms with Gasteiger partial charge in [0.05, 0.1) is 5.56 Å². The van der Waals surface area contributed by atoms with Crippen LogP contribution in [0.4, 0.5) is 4.39 Å². The lowest BCUT2D eigenvalue weighted by Gasteiger charge is -2.22. The van der Waals surface area contributed by atoms with Crippen LogP contribution in [0.25, 0.3) is 0 Å². The first-order chi connectivity index (χ1) is 11.6. The lowest BCUT2D eigenvalue weighted by molar-refractivity contribution is -0.605. The van der Waals surface area contributed by atoms with E-state index in [4.69, 9.17) is 0 Å². The van der Waals surface area contributed by atoms with Gasteiger partial charge in [-0.1, -0.05) is 12.1 Å². The third kappa shape index (κ3) is 4.08. The fraction of sp³-hybridized carbons (Fsp3) is 0.333. The maximum Gasteiger partial charge on any atom is 0.254 e. The average Bonchev–Trinajstić information content (AvgIpc) is 2.83. The molecule has 2 aromatic rings. The van der Waals surface area contributed by atoms with E-state index in [1.54, 1.807) is 24.3 Å². The number of carbonyl (C=O) groups excluding carboxylic acids is 1. The van der Waals surface area contributed by atoms with E-state index >= 15 is 0 Å². The normalized spacial score (nSPS) is 16.0. The molecular formula is C18H20FN3O2. The molecule has 0 bridgehead atoms. The maximum absolute atomic E-state index is 13.0. The minimum absolute atomic E-state index is 0.0424. The van der Waals surface area contributed by atoms with Gasteiger partial charge >= 0.3 is 0 Å². The van der Waals surface area contributed by atoms with Gasteiger partial charge < -0.3 is 10.1 Å². The zero-order chi connectivity index (χ0) is 16.9. The number of nitrogens with zero attached hydrogens (tertiary/aromatic N) is 3. The summed E-state index contributed by atoms with van der Waals surface area (Å²) >= 11 is 0. The second-order valence-electron chi connectivity index (χ2n) is 6.00. The average molecular weight is 329 g/mol. The molecule has 6 heteroatoms. The highest BCUT2D eigenvalue weighted by molar-refractivity contribution is 5.94. The minimum Gasteiger partial charge on any atom is -0.619 e. The Morgan fingerprint density at radius 3 is 2.46 bits per heavy atom. The summed E-state index contributed by atoms with van der Waals surface area (Å²) < 4.78 is 13.6. The van der Waals surface area contributed by atoms with Crippen LogP contribution in [-0.4, -0.2) is 41.9 Å². The molecule has 1 aliphatic rings. The Balaban J connectivity index is 1.59. The highest BCUT2D eigenvalue weighted by Crippen LogP contribution is 2.12. The van der Waals surface area contributed by atoms with Crippen molar-refractivity contribution in [3.8, 4) is 0 Å². The molecule has 1 amide bonds. The summed E-state index contributed by atoms with van der Waals surface area (Å²) in [4.78, 5) is 16.6. The molecule has 0 radical (unpaired) electrons. The molecule has 1 fully saturated rings. The summed E-state index contributed by atoms with van der Waals surface area (Å²) in [5.41, 5.74) is 1.60. The van der Waals surface area contributed by atoms with E-state index in [1.807, 2.05) is 4.90 Å². The van der Waals surface area contributed by atoms with Gasteiger partial charge in [0.2, 0.25) is 0 Å². The van der Waals surface area contributed by atoms with Crippen LogP contribution in [0.5, 0.6) is 0 Å². The number of rotatable bonds is 3. The van der Waals surface area contributed by atoms with Crippen molar-refractivity contribution in [2.75, 3.05) is 26.2 Å². The lowest BCUT2D eigenvalue weighted by atomic mass is 10.2. The van der Waals surface area contributed by atoms with Gasteiger partial charge in [-0.25, -0.2) is 4.39 Å². The lowest BCUT2D eigenvalue weighted by Crippen LogP contribution is -2.35. The summed E-state index contributed by atoms with van der Waals surface area (Å²) in [5, 5.41) is 11.1. The Morgan fingerprint density at radius 1 is 1.04 bits per heavy atom. The standard InChI is InChI=1S/C18H20FN3O2/c19-17-4-2-15(3-5-17)14-20-8-1-9-21(13-12-20)18(23)16-6-10-22(24)11-7-16/h2-7,10-11H,1,8-9,12-14H2. The molecule has 0 atom stereocenters. The fourth-order valence-corrected chi connectivity index (χ4v) is 2.92. The van der Waals surface area contributed by atoms with Crippen molar-refractivity contribution in [1.29, 1.82) is 0 Å². The van der Waals surface area contributed by atoms with E-state index in [0.717, 1.165) is 31.6 Å². The largest absolute Gasteiger partial charge is 0.619 e. The van der Waals surface area contributed by atoms with Gasteiger partial charge in [0.25, 0.3) is 5.91 Å². The summed E-state index contributed by atoms with van der Waals surface area (Å²) in [6.45, 7) is 3.77. The summed E-state index contributed by atoms with van der Waals surface area (Å²) in [6, 6.07) is 9.64. The predicted octanol–water partition coefficient (Wildman–Crippen LogP) is 1.81. The third-order valence-corrected chi connectivity index (χ3v) is 4.24. The first-order valence-corrected chi connectivity index (χ1v) is 8.07.